The number of rotatable bonds is 0. The minimum absolute atomic E-state index is 0. The Morgan fingerprint density at radius 3 is 1.27 bits per heavy atom. The third-order valence-electron chi connectivity index (χ3n) is 1.17. The van der Waals surface area contributed by atoms with Gasteiger partial charge >= 0.3 is 30.2 Å². The quantitative estimate of drug-likeness (QED) is 0.470. The van der Waals surface area contributed by atoms with E-state index in [1.54, 1.807) is 23.3 Å². The Hall–Kier alpha value is 0.640. The second kappa shape index (κ2) is 24.1. The molecule has 2 rings (SSSR count). The zero-order chi connectivity index (χ0) is 9.07. The monoisotopic (exact) mass is 337 g/mol. The summed E-state index contributed by atoms with van der Waals surface area (Å²) in [7, 11) is 0. The van der Waals surface area contributed by atoms with Crippen LogP contribution in [0.3, 0.4) is 0 Å². The van der Waals surface area contributed by atoms with E-state index in [1.165, 1.54) is 0 Å². The van der Waals surface area contributed by atoms with E-state index in [-0.39, 0.29) is 32.2 Å². The van der Waals surface area contributed by atoms with E-state index in [0.717, 1.165) is 12.8 Å². The maximum atomic E-state index is 2.99. The molecule has 0 saturated heterocycles. The minimum atomic E-state index is 0. The van der Waals surface area contributed by atoms with Crippen molar-refractivity contribution in [2.24, 2.45) is 0 Å². The Kier molecular flexibility index (Phi) is 39.7. The molecular formula is C11H17Cl2SiZr-3. The van der Waals surface area contributed by atoms with Crippen LogP contribution in [0.1, 0.15) is 12.8 Å². The normalized spacial score (nSPS) is 11.9. The van der Waals surface area contributed by atoms with E-state index in [4.69, 9.17) is 0 Å². The van der Waals surface area contributed by atoms with Gasteiger partial charge in [0.05, 0.1) is 0 Å². The summed E-state index contributed by atoms with van der Waals surface area (Å²) >= 11 is 1.58. The summed E-state index contributed by atoms with van der Waals surface area (Å²) in [5.41, 5.74) is 0. The molecule has 0 atom stereocenters. The van der Waals surface area contributed by atoms with Crippen LogP contribution >= 0.6 is 24.8 Å². The van der Waals surface area contributed by atoms with Crippen LogP contribution in [0.25, 0.3) is 0 Å². The molecule has 86 valence electrons. The standard InChI is InChI=1S/2C5H5.CH3.2ClH.H2Si.Zr/c2*1-2-4-5-3-1;;;;;/h2*1-3H,4H2;1H3;2*1H;1H2;/q3*-1;;;;. The van der Waals surface area contributed by atoms with E-state index in [1.807, 2.05) is 31.2 Å². The van der Waals surface area contributed by atoms with Gasteiger partial charge in [-0.25, -0.2) is 24.3 Å². The second-order valence-corrected chi connectivity index (χ2v) is 2.01. The summed E-state index contributed by atoms with van der Waals surface area (Å²) in [6.07, 6.45) is 20.0. The van der Waals surface area contributed by atoms with Gasteiger partial charge in [-0.15, -0.1) is 37.7 Å². The summed E-state index contributed by atoms with van der Waals surface area (Å²) < 4.78 is 0. The van der Waals surface area contributed by atoms with Gasteiger partial charge in [-0.05, 0) is 0 Å². The van der Waals surface area contributed by atoms with Gasteiger partial charge in [0.25, 0.3) is 0 Å². The van der Waals surface area contributed by atoms with Gasteiger partial charge in [0, 0.05) is 0 Å². The van der Waals surface area contributed by atoms with Crippen LogP contribution in [0, 0.1) is 19.6 Å². The average Bonchev–Trinajstić information content (AvgIpc) is 2.87. The van der Waals surface area contributed by atoms with E-state index in [9.17, 15) is 0 Å². The van der Waals surface area contributed by atoms with Crippen molar-refractivity contribution in [1.29, 1.82) is 0 Å². The van der Waals surface area contributed by atoms with Crippen LogP contribution < -0.4 is 0 Å². The van der Waals surface area contributed by atoms with Crippen molar-refractivity contribution < 1.29 is 23.3 Å². The third-order valence-corrected chi connectivity index (χ3v) is 1.17. The first-order chi connectivity index (χ1) is 6.00. The van der Waals surface area contributed by atoms with Crippen molar-refractivity contribution in [3.63, 3.8) is 0 Å². The number of hydrogen-bond acceptors (Lipinski definition) is 0. The topological polar surface area (TPSA) is 0 Å². The van der Waals surface area contributed by atoms with Gasteiger partial charge in [-0.1, -0.05) is 0 Å². The van der Waals surface area contributed by atoms with Gasteiger partial charge in [0.15, 0.2) is 0 Å². The van der Waals surface area contributed by atoms with E-state index in [0.29, 0.717) is 0 Å². The van der Waals surface area contributed by atoms with Crippen molar-refractivity contribution in [1.82, 2.24) is 0 Å². The molecule has 0 aromatic carbocycles. The van der Waals surface area contributed by atoms with Gasteiger partial charge in [0.1, 0.15) is 0 Å². The second-order valence-electron chi connectivity index (χ2n) is 2.01. The van der Waals surface area contributed by atoms with Crippen molar-refractivity contribution in [3.8, 4) is 0 Å². The first-order valence-corrected chi connectivity index (χ1v) is 9.71. The summed E-state index contributed by atoms with van der Waals surface area (Å²) in [6.45, 7) is 1.95. The van der Waals surface area contributed by atoms with E-state index >= 15 is 0 Å². The van der Waals surface area contributed by atoms with E-state index in [2.05, 4.69) is 24.3 Å². The predicted octanol–water partition coefficient (Wildman–Crippen LogP) is 2.99. The van der Waals surface area contributed by atoms with Gasteiger partial charge in [-0.3, -0.25) is 12.2 Å². The van der Waals surface area contributed by atoms with Crippen LogP contribution in [-0.4, -0.2) is 6.88 Å². The maximum absolute atomic E-state index is 2.99. The molecule has 0 aromatic heterocycles. The Bertz CT molecular complexity index is 169. The molecule has 0 unspecified atom stereocenters. The first kappa shape index (κ1) is 24.7. The molecule has 0 saturated carbocycles. The predicted molar refractivity (Wildman–Crippen MR) is 72.6 cm³/mol. The zero-order valence-electron chi connectivity index (χ0n) is 8.90. The summed E-state index contributed by atoms with van der Waals surface area (Å²) in [6, 6.07) is 0. The number of hydrogen-bond donors (Lipinski definition) is 0. The molecule has 0 nitrogen and oxygen atoms in total. The molecule has 0 heterocycles. The molecule has 0 spiro atoms. The molecule has 0 bridgehead atoms. The Balaban J connectivity index is -0.0000000592. The molecule has 0 aliphatic heterocycles. The molecule has 0 amide bonds. The Labute approximate surface area is 123 Å². The molecular weight excluding hydrogens is 322 g/mol. The van der Waals surface area contributed by atoms with Crippen LogP contribution in [0.2, 0.25) is 0 Å². The zero-order valence-corrected chi connectivity index (χ0v) is 14.4. The van der Waals surface area contributed by atoms with Crippen molar-refractivity contribution in [2.45, 2.75) is 12.8 Å². The van der Waals surface area contributed by atoms with Crippen LogP contribution in [0.5, 0.6) is 0 Å². The number of allylic oxidation sites excluding steroid dienone is 8. The molecule has 4 heteroatoms. The van der Waals surface area contributed by atoms with Gasteiger partial charge in [0.2, 0.25) is 0 Å². The van der Waals surface area contributed by atoms with Crippen LogP contribution in [0.4, 0.5) is 0 Å². The van der Waals surface area contributed by atoms with Crippen LogP contribution in [0.15, 0.2) is 36.5 Å². The number of halogens is 2. The van der Waals surface area contributed by atoms with E-state index < -0.39 is 0 Å². The van der Waals surface area contributed by atoms with Crippen molar-refractivity contribution in [2.75, 3.05) is 0 Å². The molecule has 2 aliphatic rings. The first-order valence-electron chi connectivity index (χ1n) is 3.79. The van der Waals surface area contributed by atoms with Crippen LogP contribution in [-0.2, 0) is 23.3 Å². The summed E-state index contributed by atoms with van der Waals surface area (Å²) in [4.78, 5) is 0. The fourth-order valence-corrected chi connectivity index (χ4v) is 0.680. The molecule has 0 N–H and O–H groups in total. The van der Waals surface area contributed by atoms with Gasteiger partial charge < -0.3 is 7.43 Å². The molecule has 2 aliphatic carbocycles. The Morgan fingerprint density at radius 1 is 0.867 bits per heavy atom. The molecule has 15 heavy (non-hydrogen) atoms. The Morgan fingerprint density at radius 2 is 1.20 bits per heavy atom. The molecule has 0 aromatic rings. The summed E-state index contributed by atoms with van der Waals surface area (Å²) in [5.74, 6) is 0. The average molecular weight is 339 g/mol. The fourth-order valence-electron chi connectivity index (χ4n) is 0.680. The molecule has 0 radical (unpaired) electrons. The SMILES string of the molecule is Cl.Cl.[C-]1=CC=CC1.[C-]1=CC=CC1.[CH3-].[SiH2]=[Zr]. The fraction of sp³-hybridized carbons (Fsp3) is 0.182. The third kappa shape index (κ3) is 20.7. The molecule has 0 fully saturated rings. The summed E-state index contributed by atoms with van der Waals surface area (Å²) in [5, 5.41) is 0. The van der Waals surface area contributed by atoms with Crippen molar-refractivity contribution >= 4 is 31.7 Å². The van der Waals surface area contributed by atoms with Crippen molar-refractivity contribution in [3.05, 3.63) is 56.0 Å². The van der Waals surface area contributed by atoms with Gasteiger partial charge in [-0.2, -0.15) is 12.2 Å².